The van der Waals surface area contributed by atoms with Gasteiger partial charge < -0.3 is 0 Å². The Hall–Kier alpha value is -1.71. The van der Waals surface area contributed by atoms with Gasteiger partial charge in [0.15, 0.2) is 0 Å². The zero-order valence-corrected chi connectivity index (χ0v) is 9.10. The van der Waals surface area contributed by atoms with Gasteiger partial charge >= 0.3 is 0 Å². The number of hydrogen-bond acceptors (Lipinski definition) is 3. The molecule has 1 aromatic rings. The van der Waals surface area contributed by atoms with Gasteiger partial charge in [0.05, 0.1) is 4.92 Å². The molecule has 2 rings (SSSR count). The number of carbonyl (C=O) groups excluding carboxylic acids is 1. The molecule has 0 aliphatic heterocycles. The number of non-ortho nitro benzene ring substituents is 1. The Morgan fingerprint density at radius 1 is 1.50 bits per heavy atom. The number of rotatable bonds is 4. The zero-order valence-electron chi connectivity index (χ0n) is 9.10. The molecule has 1 aliphatic carbocycles. The van der Waals surface area contributed by atoms with E-state index in [2.05, 4.69) is 0 Å². The number of ketones is 1. The molecule has 16 heavy (non-hydrogen) atoms. The predicted molar refractivity (Wildman–Crippen MR) is 59.3 cm³/mol. The van der Waals surface area contributed by atoms with Gasteiger partial charge in [-0.1, -0.05) is 6.07 Å². The first-order valence-corrected chi connectivity index (χ1v) is 5.34. The summed E-state index contributed by atoms with van der Waals surface area (Å²) in [6.07, 6.45) is 2.42. The molecular formula is C12H13NO3. The molecule has 1 saturated carbocycles. The van der Waals surface area contributed by atoms with Crippen LogP contribution < -0.4 is 0 Å². The predicted octanol–water partition coefficient (Wildman–Crippen LogP) is 2.42. The van der Waals surface area contributed by atoms with Gasteiger partial charge in [-0.2, -0.15) is 0 Å². The zero-order chi connectivity index (χ0) is 11.7. The van der Waals surface area contributed by atoms with Crippen LogP contribution >= 0.6 is 0 Å². The lowest BCUT2D eigenvalue weighted by molar-refractivity contribution is -0.384. The van der Waals surface area contributed by atoms with E-state index in [9.17, 15) is 14.9 Å². The number of nitrogens with zero attached hydrogens (tertiary/aromatic N) is 1. The minimum Gasteiger partial charge on any atom is -0.299 e. The van der Waals surface area contributed by atoms with Crippen molar-refractivity contribution in [3.05, 3.63) is 39.4 Å². The summed E-state index contributed by atoms with van der Waals surface area (Å²) in [5.74, 6) is 0.506. The standard InChI is InChI=1S/C12H13NO3/c1-8-6-11(13(15)16)5-4-10(8)7-12(14)9-2-3-9/h4-6,9H,2-3,7H2,1H3. The Labute approximate surface area is 93.4 Å². The second kappa shape index (κ2) is 4.04. The SMILES string of the molecule is Cc1cc([N+](=O)[O-])ccc1CC(=O)C1CC1. The van der Waals surface area contributed by atoms with Crippen LogP contribution in [-0.4, -0.2) is 10.7 Å². The number of carbonyl (C=O) groups is 1. The van der Waals surface area contributed by atoms with E-state index in [0.29, 0.717) is 6.42 Å². The minimum atomic E-state index is -0.417. The van der Waals surface area contributed by atoms with Crippen LogP contribution in [0, 0.1) is 23.0 Å². The number of benzene rings is 1. The molecule has 1 aromatic carbocycles. The molecule has 1 aliphatic rings. The van der Waals surface area contributed by atoms with Gasteiger partial charge in [-0.05, 0) is 30.9 Å². The Kier molecular flexibility index (Phi) is 2.73. The fourth-order valence-electron chi connectivity index (χ4n) is 1.73. The Morgan fingerprint density at radius 2 is 2.19 bits per heavy atom. The Morgan fingerprint density at radius 3 is 2.69 bits per heavy atom. The quantitative estimate of drug-likeness (QED) is 0.577. The van der Waals surface area contributed by atoms with Gasteiger partial charge in [0.2, 0.25) is 0 Å². The van der Waals surface area contributed by atoms with Crippen molar-refractivity contribution in [1.82, 2.24) is 0 Å². The number of nitro groups is 1. The van der Waals surface area contributed by atoms with E-state index in [0.717, 1.165) is 24.0 Å². The monoisotopic (exact) mass is 219 g/mol. The molecule has 0 spiro atoms. The van der Waals surface area contributed by atoms with Gasteiger partial charge in [0.25, 0.3) is 5.69 Å². The average molecular weight is 219 g/mol. The fourth-order valence-corrected chi connectivity index (χ4v) is 1.73. The van der Waals surface area contributed by atoms with Crippen LogP contribution in [0.25, 0.3) is 0 Å². The molecule has 0 radical (unpaired) electrons. The van der Waals surface area contributed by atoms with Gasteiger partial charge in [0.1, 0.15) is 5.78 Å². The normalized spacial score (nSPS) is 14.8. The van der Waals surface area contributed by atoms with Gasteiger partial charge in [-0.15, -0.1) is 0 Å². The number of aryl methyl sites for hydroxylation is 1. The second-order valence-electron chi connectivity index (χ2n) is 4.29. The number of nitro benzene ring substituents is 1. The fraction of sp³-hybridized carbons (Fsp3) is 0.417. The third kappa shape index (κ3) is 2.27. The molecule has 84 valence electrons. The molecule has 0 N–H and O–H groups in total. The molecule has 0 bridgehead atoms. The average Bonchev–Trinajstić information content (AvgIpc) is 3.03. The van der Waals surface area contributed by atoms with Crippen LogP contribution in [0.4, 0.5) is 5.69 Å². The minimum absolute atomic E-state index is 0.0834. The third-order valence-corrected chi connectivity index (χ3v) is 2.93. The highest BCUT2D eigenvalue weighted by atomic mass is 16.6. The molecule has 0 saturated heterocycles. The van der Waals surface area contributed by atoms with Crippen LogP contribution in [0.1, 0.15) is 24.0 Å². The van der Waals surface area contributed by atoms with Gasteiger partial charge in [-0.25, -0.2) is 0 Å². The lowest BCUT2D eigenvalue weighted by atomic mass is 10.0. The molecule has 1 fully saturated rings. The largest absolute Gasteiger partial charge is 0.299 e. The highest BCUT2D eigenvalue weighted by Crippen LogP contribution is 2.31. The van der Waals surface area contributed by atoms with E-state index < -0.39 is 4.92 Å². The van der Waals surface area contributed by atoms with Crippen molar-refractivity contribution in [1.29, 1.82) is 0 Å². The summed E-state index contributed by atoms with van der Waals surface area (Å²) < 4.78 is 0. The van der Waals surface area contributed by atoms with Crippen molar-refractivity contribution in [3.8, 4) is 0 Å². The molecule has 0 heterocycles. The maximum absolute atomic E-state index is 11.6. The molecule has 0 unspecified atom stereocenters. The maximum Gasteiger partial charge on any atom is 0.269 e. The maximum atomic E-state index is 11.6. The molecular weight excluding hydrogens is 206 g/mol. The van der Waals surface area contributed by atoms with Crippen LogP contribution in [-0.2, 0) is 11.2 Å². The van der Waals surface area contributed by atoms with Crippen LogP contribution in [0.5, 0.6) is 0 Å². The van der Waals surface area contributed by atoms with Crippen molar-refractivity contribution in [3.63, 3.8) is 0 Å². The van der Waals surface area contributed by atoms with Crippen LogP contribution in [0.15, 0.2) is 18.2 Å². The van der Waals surface area contributed by atoms with Crippen LogP contribution in [0.2, 0.25) is 0 Å². The van der Waals surface area contributed by atoms with E-state index in [1.165, 1.54) is 12.1 Å². The third-order valence-electron chi connectivity index (χ3n) is 2.93. The van der Waals surface area contributed by atoms with E-state index in [4.69, 9.17) is 0 Å². The van der Waals surface area contributed by atoms with Crippen molar-refractivity contribution in [2.45, 2.75) is 26.2 Å². The van der Waals surface area contributed by atoms with E-state index in [1.54, 1.807) is 6.07 Å². The van der Waals surface area contributed by atoms with E-state index in [1.807, 2.05) is 6.92 Å². The highest BCUT2D eigenvalue weighted by Gasteiger charge is 2.29. The van der Waals surface area contributed by atoms with Gasteiger partial charge in [0, 0.05) is 24.5 Å². The first-order valence-electron chi connectivity index (χ1n) is 5.34. The second-order valence-corrected chi connectivity index (χ2v) is 4.29. The Balaban J connectivity index is 2.15. The summed E-state index contributed by atoms with van der Waals surface area (Å²) in [7, 11) is 0. The van der Waals surface area contributed by atoms with Crippen molar-refractivity contribution >= 4 is 11.5 Å². The molecule has 0 amide bonds. The highest BCUT2D eigenvalue weighted by molar-refractivity contribution is 5.85. The smallest absolute Gasteiger partial charge is 0.269 e. The van der Waals surface area contributed by atoms with Gasteiger partial charge in [-0.3, -0.25) is 14.9 Å². The summed E-state index contributed by atoms with van der Waals surface area (Å²) in [5, 5.41) is 10.5. The molecule has 0 aromatic heterocycles. The number of hydrogen-bond donors (Lipinski definition) is 0. The van der Waals surface area contributed by atoms with Crippen molar-refractivity contribution in [2.75, 3.05) is 0 Å². The Bertz CT molecular complexity index is 450. The van der Waals surface area contributed by atoms with Crippen molar-refractivity contribution < 1.29 is 9.72 Å². The summed E-state index contributed by atoms with van der Waals surface area (Å²) >= 11 is 0. The molecule has 4 heteroatoms. The van der Waals surface area contributed by atoms with Crippen LogP contribution in [0.3, 0.4) is 0 Å². The first kappa shape index (κ1) is 10.8. The van der Waals surface area contributed by atoms with E-state index >= 15 is 0 Å². The summed E-state index contributed by atoms with van der Waals surface area (Å²) in [6.45, 7) is 1.81. The van der Waals surface area contributed by atoms with E-state index in [-0.39, 0.29) is 17.4 Å². The lowest BCUT2D eigenvalue weighted by Gasteiger charge is -2.04. The number of Topliss-reactive ketones (excluding diaryl/α,β-unsaturated/α-hetero) is 1. The first-order chi connectivity index (χ1) is 7.58. The lowest BCUT2D eigenvalue weighted by Crippen LogP contribution is -2.06. The summed E-state index contributed by atoms with van der Waals surface area (Å²) in [5.41, 5.74) is 1.81. The summed E-state index contributed by atoms with van der Waals surface area (Å²) in [4.78, 5) is 21.7. The molecule has 4 nitrogen and oxygen atoms in total. The molecule has 0 atom stereocenters. The summed E-state index contributed by atoms with van der Waals surface area (Å²) in [6, 6.07) is 4.67. The topological polar surface area (TPSA) is 60.2 Å². The van der Waals surface area contributed by atoms with Crippen molar-refractivity contribution in [2.24, 2.45) is 5.92 Å².